The number of anilines is 1. The summed E-state index contributed by atoms with van der Waals surface area (Å²) >= 11 is 0. The van der Waals surface area contributed by atoms with Crippen LogP contribution in [0.5, 0.6) is 0 Å². The molecule has 1 atom stereocenters. The number of aromatic amines is 1. The van der Waals surface area contributed by atoms with Crippen LogP contribution in [0.15, 0.2) is 12.5 Å². The Morgan fingerprint density at radius 2 is 1.95 bits per heavy atom. The van der Waals surface area contributed by atoms with E-state index in [1.54, 1.807) is 12.5 Å². The Balaban J connectivity index is 0.00000200. The van der Waals surface area contributed by atoms with Gasteiger partial charge in [0.2, 0.25) is 0 Å². The first-order valence-corrected chi connectivity index (χ1v) is 13.1. The number of rotatable bonds is 5. The van der Waals surface area contributed by atoms with Crippen molar-refractivity contribution in [3.05, 3.63) is 29.5 Å². The van der Waals surface area contributed by atoms with Crippen LogP contribution in [0.2, 0.25) is 0 Å². The van der Waals surface area contributed by atoms with Gasteiger partial charge in [0.25, 0.3) is 5.91 Å². The molecule has 0 saturated carbocycles. The lowest BCUT2D eigenvalue weighted by atomic mass is 9.99. The number of aryl methyl sites for hydroxylation is 1. The maximum absolute atomic E-state index is 13.8. The molecule has 0 bridgehead atoms. The monoisotopic (exact) mass is 530 g/mol. The summed E-state index contributed by atoms with van der Waals surface area (Å²) in [6.07, 6.45) is 5.60. The predicted molar refractivity (Wildman–Crippen MR) is 148 cm³/mol. The van der Waals surface area contributed by atoms with Crippen LogP contribution in [-0.4, -0.2) is 91.8 Å². The average molecular weight is 531 g/mol. The van der Waals surface area contributed by atoms with Crippen molar-refractivity contribution in [1.29, 1.82) is 0 Å². The van der Waals surface area contributed by atoms with Crippen LogP contribution in [0, 0.1) is 5.92 Å². The molecule has 11 heteroatoms. The van der Waals surface area contributed by atoms with E-state index in [9.17, 15) is 9.59 Å². The zero-order valence-electron chi connectivity index (χ0n) is 21.8. The van der Waals surface area contributed by atoms with Gasteiger partial charge in [-0.25, -0.2) is 9.78 Å². The van der Waals surface area contributed by atoms with E-state index < -0.39 is 5.54 Å². The summed E-state index contributed by atoms with van der Waals surface area (Å²) in [5.74, 6) is 0.833. The number of imidazole rings is 1. The van der Waals surface area contributed by atoms with Crippen LogP contribution in [0.1, 0.15) is 77.1 Å². The molecule has 5 rings (SSSR count). The SMILES string of the molecule is C.C.CCn1cnc(C(=O)Nc2n[nH]c3c2CN(C(=O)N2CCN(CC4CCOCC4)C[C@@H]2C)C3(C)C)c1. The van der Waals surface area contributed by atoms with Crippen LogP contribution >= 0.6 is 0 Å². The lowest BCUT2D eigenvalue weighted by Crippen LogP contribution is -2.59. The van der Waals surface area contributed by atoms with E-state index in [1.807, 2.05) is 35.1 Å². The third kappa shape index (κ3) is 5.58. The summed E-state index contributed by atoms with van der Waals surface area (Å²) in [4.78, 5) is 37.1. The number of piperazine rings is 1. The lowest BCUT2D eigenvalue weighted by molar-refractivity contribution is 0.0290. The van der Waals surface area contributed by atoms with Gasteiger partial charge >= 0.3 is 6.03 Å². The second-order valence-electron chi connectivity index (χ2n) is 10.8. The molecule has 3 amide bonds. The number of nitrogens with one attached hydrogen (secondary N) is 2. The minimum atomic E-state index is -0.564. The first-order chi connectivity index (χ1) is 17.3. The zero-order chi connectivity index (χ0) is 25.4. The number of ether oxygens (including phenoxy) is 1. The van der Waals surface area contributed by atoms with Crippen molar-refractivity contribution in [2.45, 2.75) is 80.1 Å². The summed E-state index contributed by atoms with van der Waals surface area (Å²) < 4.78 is 7.35. The Hall–Kier alpha value is -2.92. The topological polar surface area (TPSA) is 112 Å². The molecule has 212 valence electrons. The van der Waals surface area contributed by atoms with E-state index in [0.29, 0.717) is 30.5 Å². The second-order valence-corrected chi connectivity index (χ2v) is 10.8. The minimum Gasteiger partial charge on any atom is -0.381 e. The second kappa shape index (κ2) is 11.9. The van der Waals surface area contributed by atoms with Gasteiger partial charge in [-0.3, -0.25) is 14.8 Å². The van der Waals surface area contributed by atoms with Crippen LogP contribution in [0.25, 0.3) is 0 Å². The van der Waals surface area contributed by atoms with Gasteiger partial charge in [0.05, 0.1) is 24.1 Å². The van der Waals surface area contributed by atoms with Crippen molar-refractivity contribution in [3.8, 4) is 0 Å². The fourth-order valence-electron chi connectivity index (χ4n) is 5.68. The molecule has 0 aliphatic carbocycles. The Morgan fingerprint density at radius 1 is 1.21 bits per heavy atom. The predicted octanol–water partition coefficient (Wildman–Crippen LogP) is 3.75. The number of fused-ring (bicyclic) bond motifs is 1. The number of hydrogen-bond acceptors (Lipinski definition) is 6. The quantitative estimate of drug-likeness (QED) is 0.609. The van der Waals surface area contributed by atoms with Gasteiger partial charge < -0.3 is 24.4 Å². The largest absolute Gasteiger partial charge is 0.381 e. The Kier molecular flexibility index (Phi) is 9.25. The highest BCUT2D eigenvalue weighted by Crippen LogP contribution is 2.41. The molecule has 11 nitrogen and oxygen atoms in total. The van der Waals surface area contributed by atoms with Gasteiger partial charge in [-0.1, -0.05) is 14.9 Å². The zero-order valence-corrected chi connectivity index (χ0v) is 21.8. The molecule has 3 aliphatic rings. The lowest BCUT2D eigenvalue weighted by Gasteiger charge is -2.44. The average Bonchev–Trinajstić information content (AvgIpc) is 3.56. The molecule has 2 saturated heterocycles. The fourth-order valence-corrected chi connectivity index (χ4v) is 5.68. The molecule has 0 aromatic carbocycles. The van der Waals surface area contributed by atoms with Crippen molar-refractivity contribution in [1.82, 2.24) is 34.4 Å². The van der Waals surface area contributed by atoms with E-state index in [0.717, 1.165) is 63.5 Å². The van der Waals surface area contributed by atoms with E-state index in [1.165, 1.54) is 0 Å². The number of urea groups is 1. The highest BCUT2D eigenvalue weighted by Gasteiger charge is 2.46. The smallest absolute Gasteiger partial charge is 0.321 e. The van der Waals surface area contributed by atoms with Crippen molar-refractivity contribution >= 4 is 17.8 Å². The maximum atomic E-state index is 13.8. The number of carbonyl (C=O) groups excluding carboxylic acids is 2. The van der Waals surface area contributed by atoms with E-state index in [-0.39, 0.29) is 32.8 Å². The molecule has 3 aliphatic heterocycles. The Morgan fingerprint density at radius 3 is 2.61 bits per heavy atom. The highest BCUT2D eigenvalue weighted by molar-refractivity contribution is 6.02. The Bertz CT molecular complexity index is 1100. The molecule has 38 heavy (non-hydrogen) atoms. The summed E-state index contributed by atoms with van der Waals surface area (Å²) in [5.41, 5.74) is 1.48. The van der Waals surface area contributed by atoms with Crippen molar-refractivity contribution in [2.75, 3.05) is 44.7 Å². The number of hydrogen-bond donors (Lipinski definition) is 2. The first-order valence-electron chi connectivity index (χ1n) is 13.1. The van der Waals surface area contributed by atoms with Crippen LogP contribution in [0.4, 0.5) is 10.6 Å². The molecule has 2 N–H and O–H groups in total. The Labute approximate surface area is 226 Å². The molecular formula is C27H46N8O3. The third-order valence-electron chi connectivity index (χ3n) is 7.98. The first kappa shape index (κ1) is 29.6. The molecule has 2 aromatic heterocycles. The summed E-state index contributed by atoms with van der Waals surface area (Å²) in [5, 5.41) is 10.3. The van der Waals surface area contributed by atoms with Crippen LogP contribution in [-0.2, 0) is 23.4 Å². The van der Waals surface area contributed by atoms with Gasteiger partial charge in [0.1, 0.15) is 5.69 Å². The number of H-pyrrole nitrogens is 1. The molecular weight excluding hydrogens is 484 g/mol. The van der Waals surface area contributed by atoms with E-state index >= 15 is 0 Å². The van der Waals surface area contributed by atoms with E-state index in [2.05, 4.69) is 32.3 Å². The van der Waals surface area contributed by atoms with Crippen molar-refractivity contribution in [3.63, 3.8) is 0 Å². The van der Waals surface area contributed by atoms with Gasteiger partial charge in [-0.2, -0.15) is 5.10 Å². The maximum Gasteiger partial charge on any atom is 0.321 e. The van der Waals surface area contributed by atoms with Gasteiger partial charge in [0.15, 0.2) is 5.82 Å². The van der Waals surface area contributed by atoms with Crippen molar-refractivity contribution in [2.24, 2.45) is 5.92 Å². The number of amides is 3. The number of aromatic nitrogens is 4. The summed E-state index contributed by atoms with van der Waals surface area (Å²) in [7, 11) is 0. The van der Waals surface area contributed by atoms with Crippen LogP contribution < -0.4 is 5.32 Å². The standard InChI is InChI=1S/C25H38N8O3.2CH4/c1-5-30-15-20(26-16-30)23(34)27-22-19-14-33(25(3,4)21(19)28-29-22)24(35)32-9-8-31(12-17(32)2)13-18-6-10-36-11-7-18;;/h15-18H,5-14H2,1-4H3,(H2,27,28,29,34);2*1H4/t17-;;/m0../s1. The molecule has 5 heterocycles. The number of carbonyl (C=O) groups is 2. The minimum absolute atomic E-state index is 0. The molecule has 0 radical (unpaired) electrons. The number of nitrogens with zero attached hydrogens (tertiary/aromatic N) is 6. The van der Waals surface area contributed by atoms with Gasteiger partial charge in [-0.05, 0) is 46.5 Å². The highest BCUT2D eigenvalue weighted by atomic mass is 16.5. The normalized spacial score (nSPS) is 21.4. The molecule has 0 spiro atoms. The van der Waals surface area contributed by atoms with E-state index in [4.69, 9.17) is 4.74 Å². The van der Waals surface area contributed by atoms with Crippen molar-refractivity contribution < 1.29 is 14.3 Å². The van der Waals surface area contributed by atoms with Crippen LogP contribution in [0.3, 0.4) is 0 Å². The third-order valence-corrected chi connectivity index (χ3v) is 7.98. The summed E-state index contributed by atoms with van der Waals surface area (Å²) in [6.45, 7) is 14.6. The van der Waals surface area contributed by atoms with Gasteiger partial charge in [-0.15, -0.1) is 0 Å². The molecule has 2 aromatic rings. The summed E-state index contributed by atoms with van der Waals surface area (Å²) in [6, 6.07) is 0.161. The molecule has 2 fully saturated rings. The fraction of sp³-hybridized carbons (Fsp3) is 0.704. The molecule has 0 unspecified atom stereocenters. The van der Waals surface area contributed by atoms with Gasteiger partial charge in [0, 0.05) is 63.7 Å².